The van der Waals surface area contributed by atoms with E-state index in [1.165, 1.54) is 6.42 Å². The van der Waals surface area contributed by atoms with Crippen LogP contribution >= 0.6 is 0 Å². The molecule has 94 valence electrons. The number of imidazole rings is 1. The van der Waals surface area contributed by atoms with Gasteiger partial charge in [0.05, 0.1) is 18.2 Å². The number of hydrogen-bond donors (Lipinski definition) is 1. The van der Waals surface area contributed by atoms with Gasteiger partial charge in [0, 0.05) is 12.6 Å². The zero-order valence-electron chi connectivity index (χ0n) is 10.4. The zero-order valence-corrected chi connectivity index (χ0v) is 10.4. The zero-order chi connectivity index (χ0) is 12.5. The molecule has 1 N–H and O–H groups in total. The van der Waals surface area contributed by atoms with E-state index in [-0.39, 0.29) is 5.56 Å². The van der Waals surface area contributed by atoms with Crippen LogP contribution in [0.5, 0.6) is 0 Å². The fraction of sp³-hybridized carbons (Fsp3) is 0.462. The second-order valence-corrected chi connectivity index (χ2v) is 4.79. The quantitative estimate of drug-likeness (QED) is 0.772. The first-order valence-corrected chi connectivity index (χ1v) is 6.34. The minimum absolute atomic E-state index is 0.0121. The average Bonchev–Trinajstić information content (AvgIpc) is 2.63. The number of rotatable bonds is 1. The molecule has 0 atom stereocenters. The first-order valence-electron chi connectivity index (χ1n) is 6.34. The van der Waals surface area contributed by atoms with E-state index in [9.17, 15) is 4.79 Å². The van der Waals surface area contributed by atoms with Gasteiger partial charge in [-0.3, -0.25) is 4.79 Å². The lowest BCUT2D eigenvalue weighted by Gasteiger charge is -2.07. The summed E-state index contributed by atoms with van der Waals surface area (Å²) in [5.74, 6) is 0.626. The summed E-state index contributed by atoms with van der Waals surface area (Å²) in [6.07, 6.45) is 8.57. The lowest BCUT2D eigenvalue weighted by molar-refractivity contribution is 0.708. The van der Waals surface area contributed by atoms with E-state index in [1.807, 2.05) is 11.6 Å². The second-order valence-electron chi connectivity index (χ2n) is 4.79. The topological polar surface area (TPSA) is 63.6 Å². The van der Waals surface area contributed by atoms with Gasteiger partial charge in [-0.05, 0) is 25.7 Å². The lowest BCUT2D eigenvalue weighted by Crippen LogP contribution is -2.18. The lowest BCUT2D eigenvalue weighted by atomic mass is 10.1. The highest BCUT2D eigenvalue weighted by Crippen LogP contribution is 2.19. The third kappa shape index (κ3) is 1.85. The van der Waals surface area contributed by atoms with Crippen LogP contribution in [0.1, 0.15) is 30.5 Å². The SMILES string of the molecule is Cn1cncc1-c1nc2c(c(=O)[nH]1)CCCCC2. The largest absolute Gasteiger partial charge is 0.331 e. The number of hydrogen-bond acceptors (Lipinski definition) is 3. The van der Waals surface area contributed by atoms with Crippen molar-refractivity contribution >= 4 is 0 Å². The summed E-state index contributed by atoms with van der Waals surface area (Å²) in [5, 5.41) is 0. The summed E-state index contributed by atoms with van der Waals surface area (Å²) >= 11 is 0. The van der Waals surface area contributed by atoms with Crippen LogP contribution in [0.2, 0.25) is 0 Å². The highest BCUT2D eigenvalue weighted by molar-refractivity contribution is 5.48. The van der Waals surface area contributed by atoms with Crippen LogP contribution in [0.25, 0.3) is 11.5 Å². The molecule has 0 saturated heterocycles. The van der Waals surface area contributed by atoms with Crippen molar-refractivity contribution < 1.29 is 0 Å². The van der Waals surface area contributed by atoms with Crippen molar-refractivity contribution in [1.82, 2.24) is 19.5 Å². The van der Waals surface area contributed by atoms with E-state index >= 15 is 0 Å². The highest BCUT2D eigenvalue weighted by atomic mass is 16.1. The van der Waals surface area contributed by atoms with E-state index in [4.69, 9.17) is 0 Å². The molecule has 5 nitrogen and oxygen atoms in total. The van der Waals surface area contributed by atoms with Gasteiger partial charge in [-0.25, -0.2) is 9.97 Å². The number of aryl methyl sites for hydroxylation is 2. The molecule has 0 radical (unpaired) electrons. The molecule has 0 amide bonds. The van der Waals surface area contributed by atoms with Crippen LogP contribution in [0.3, 0.4) is 0 Å². The predicted molar refractivity (Wildman–Crippen MR) is 68.3 cm³/mol. The first kappa shape index (κ1) is 11.2. The minimum Gasteiger partial charge on any atom is -0.331 e. The fourth-order valence-electron chi connectivity index (χ4n) is 2.49. The van der Waals surface area contributed by atoms with Crippen molar-refractivity contribution in [2.75, 3.05) is 0 Å². The molecule has 18 heavy (non-hydrogen) atoms. The van der Waals surface area contributed by atoms with Gasteiger partial charge >= 0.3 is 0 Å². The summed E-state index contributed by atoms with van der Waals surface area (Å²) < 4.78 is 1.86. The van der Waals surface area contributed by atoms with Gasteiger partial charge in [0.2, 0.25) is 0 Å². The summed E-state index contributed by atoms with van der Waals surface area (Å²) in [5.41, 5.74) is 2.70. The minimum atomic E-state index is 0.0121. The van der Waals surface area contributed by atoms with Crippen molar-refractivity contribution in [3.05, 3.63) is 34.1 Å². The van der Waals surface area contributed by atoms with E-state index < -0.39 is 0 Å². The van der Waals surface area contributed by atoms with Crippen LogP contribution in [0.15, 0.2) is 17.3 Å². The van der Waals surface area contributed by atoms with E-state index in [2.05, 4.69) is 15.0 Å². The fourth-order valence-corrected chi connectivity index (χ4v) is 2.49. The Balaban J connectivity index is 2.14. The van der Waals surface area contributed by atoms with E-state index in [1.54, 1.807) is 12.5 Å². The predicted octanol–water partition coefficient (Wildman–Crippen LogP) is 1.44. The molecule has 0 spiro atoms. The molecule has 1 aliphatic carbocycles. The number of nitrogens with one attached hydrogen (secondary N) is 1. The highest BCUT2D eigenvalue weighted by Gasteiger charge is 2.15. The third-order valence-electron chi connectivity index (χ3n) is 3.50. The van der Waals surface area contributed by atoms with Gasteiger partial charge in [0.1, 0.15) is 5.69 Å². The Labute approximate surface area is 105 Å². The molecular weight excluding hydrogens is 228 g/mol. The van der Waals surface area contributed by atoms with Gasteiger partial charge in [-0.2, -0.15) is 0 Å². The van der Waals surface area contributed by atoms with Gasteiger partial charge in [0.25, 0.3) is 5.56 Å². The Morgan fingerprint density at radius 1 is 1.28 bits per heavy atom. The van der Waals surface area contributed by atoms with Crippen LogP contribution in [-0.2, 0) is 19.9 Å². The molecule has 0 fully saturated rings. The second kappa shape index (κ2) is 4.40. The van der Waals surface area contributed by atoms with Gasteiger partial charge in [-0.1, -0.05) is 6.42 Å². The smallest absolute Gasteiger partial charge is 0.254 e. The molecule has 2 aromatic rings. The van der Waals surface area contributed by atoms with Crippen molar-refractivity contribution in [3.8, 4) is 11.5 Å². The monoisotopic (exact) mass is 244 g/mol. The Bertz CT molecular complexity index is 626. The maximum atomic E-state index is 12.1. The van der Waals surface area contributed by atoms with Gasteiger partial charge < -0.3 is 9.55 Å². The Hall–Kier alpha value is -1.91. The molecule has 0 saturated carbocycles. The van der Waals surface area contributed by atoms with E-state index in [0.29, 0.717) is 5.82 Å². The Morgan fingerprint density at radius 2 is 2.11 bits per heavy atom. The molecule has 0 bridgehead atoms. The first-order chi connectivity index (χ1) is 8.75. The average molecular weight is 244 g/mol. The number of H-pyrrole nitrogens is 1. The summed E-state index contributed by atoms with van der Waals surface area (Å²) in [6.45, 7) is 0. The molecule has 5 heteroatoms. The van der Waals surface area contributed by atoms with E-state index in [0.717, 1.165) is 42.6 Å². The Kier molecular flexibility index (Phi) is 2.74. The van der Waals surface area contributed by atoms with Crippen LogP contribution in [0.4, 0.5) is 0 Å². The molecule has 0 unspecified atom stereocenters. The number of aromatic amines is 1. The summed E-state index contributed by atoms with van der Waals surface area (Å²) in [6, 6.07) is 0. The molecular formula is C13H16N4O. The van der Waals surface area contributed by atoms with Gasteiger partial charge in [0.15, 0.2) is 5.82 Å². The van der Waals surface area contributed by atoms with Gasteiger partial charge in [-0.15, -0.1) is 0 Å². The van der Waals surface area contributed by atoms with Crippen LogP contribution < -0.4 is 5.56 Å². The molecule has 0 aromatic carbocycles. The Morgan fingerprint density at radius 3 is 2.89 bits per heavy atom. The van der Waals surface area contributed by atoms with Crippen molar-refractivity contribution in [1.29, 1.82) is 0 Å². The van der Waals surface area contributed by atoms with Crippen molar-refractivity contribution in [2.45, 2.75) is 32.1 Å². The summed E-state index contributed by atoms with van der Waals surface area (Å²) in [7, 11) is 1.90. The molecule has 3 rings (SSSR count). The number of nitrogens with zero attached hydrogens (tertiary/aromatic N) is 3. The molecule has 0 aliphatic heterocycles. The molecule has 1 aliphatic rings. The standard InChI is InChI=1S/C13H16N4O/c1-17-8-14-7-11(17)12-15-10-6-4-2-3-5-9(10)13(18)16-12/h7-8H,2-6H2,1H3,(H,15,16,18). The number of fused-ring (bicyclic) bond motifs is 1. The maximum absolute atomic E-state index is 12.1. The van der Waals surface area contributed by atoms with Crippen LogP contribution in [-0.4, -0.2) is 19.5 Å². The molecule has 2 heterocycles. The van der Waals surface area contributed by atoms with Crippen molar-refractivity contribution in [2.24, 2.45) is 7.05 Å². The third-order valence-corrected chi connectivity index (χ3v) is 3.50. The van der Waals surface area contributed by atoms with Crippen LogP contribution in [0, 0.1) is 0 Å². The normalized spacial score (nSPS) is 15.2. The summed E-state index contributed by atoms with van der Waals surface area (Å²) in [4.78, 5) is 23.7. The van der Waals surface area contributed by atoms with Crippen molar-refractivity contribution in [3.63, 3.8) is 0 Å². The molecule has 2 aromatic heterocycles. The maximum Gasteiger partial charge on any atom is 0.254 e. The number of aromatic nitrogens is 4.